The van der Waals surface area contributed by atoms with Crippen molar-refractivity contribution in [3.05, 3.63) is 205 Å². The molecule has 0 aliphatic heterocycles. The highest BCUT2D eigenvalue weighted by Crippen LogP contribution is 2.45. The van der Waals surface area contributed by atoms with Crippen molar-refractivity contribution in [1.82, 2.24) is 24.5 Å². The number of alkyl halides is 3. The van der Waals surface area contributed by atoms with Crippen molar-refractivity contribution >= 4 is 27.5 Å². The molecule has 0 spiro atoms. The molecule has 0 aliphatic carbocycles. The molecule has 10 rings (SSSR count). The summed E-state index contributed by atoms with van der Waals surface area (Å²) in [5.41, 5.74) is 6.27. The summed E-state index contributed by atoms with van der Waals surface area (Å²) in [7, 11) is 0. The molecule has 3 aromatic heterocycles. The van der Waals surface area contributed by atoms with Crippen molar-refractivity contribution in [3.8, 4) is 79.6 Å². The molecule has 0 unspecified atom stereocenters. The van der Waals surface area contributed by atoms with E-state index in [0.717, 1.165) is 34.4 Å². The third-order valence-electron chi connectivity index (χ3n) is 10.9. The van der Waals surface area contributed by atoms with Crippen LogP contribution in [-0.2, 0) is 6.18 Å². The summed E-state index contributed by atoms with van der Waals surface area (Å²) < 4.78 is 48.5. The van der Waals surface area contributed by atoms with E-state index in [1.807, 2.05) is 138 Å². The Morgan fingerprint density at radius 3 is 1.27 bits per heavy atom. The fraction of sp³-hybridized carbons (Fsp3) is 0.0189. The van der Waals surface area contributed by atoms with Gasteiger partial charge in [0.25, 0.3) is 0 Å². The first kappa shape index (κ1) is 38.5. The molecule has 63 heavy (non-hydrogen) atoms. The molecule has 0 saturated carbocycles. The van der Waals surface area contributed by atoms with E-state index in [1.54, 1.807) is 36.4 Å². The first-order chi connectivity index (χ1) is 30.7. The van der Waals surface area contributed by atoms with Crippen molar-refractivity contribution in [1.29, 1.82) is 5.26 Å². The average Bonchev–Trinajstić information content (AvgIpc) is 3.66. The molecule has 10 aromatic rings. The van der Waals surface area contributed by atoms with E-state index in [4.69, 9.17) is 26.5 Å². The van der Waals surface area contributed by atoms with Gasteiger partial charge in [-0.15, -0.1) is 0 Å². The number of nitriles is 1. The van der Waals surface area contributed by atoms with Gasteiger partial charge < -0.3 is 4.57 Å². The Morgan fingerprint density at radius 2 is 0.889 bits per heavy atom. The standard InChI is InChI=1S/C53H30F3N7/c1-58-39-23-25-49-41(29-39)40-26-33(32-57)22-24-48(40)63(49)50-42(51-59-44(34-14-6-2-7-15-34)30-45(60-51)35-16-8-3-9-17-35)27-38(53(54,55)56)28-43(50)52-61-46(36-18-10-4-11-19-36)31-47(62-52)37-20-12-5-13-21-37/h2-31H. The van der Waals surface area contributed by atoms with Crippen LogP contribution in [0.4, 0.5) is 18.9 Å². The third kappa shape index (κ3) is 7.22. The lowest BCUT2D eigenvalue weighted by Crippen LogP contribution is -2.11. The van der Waals surface area contributed by atoms with Gasteiger partial charge in [0, 0.05) is 38.8 Å². The van der Waals surface area contributed by atoms with Gasteiger partial charge in [0.05, 0.1) is 63.3 Å². The lowest BCUT2D eigenvalue weighted by Gasteiger charge is -2.21. The molecule has 3 heterocycles. The summed E-state index contributed by atoms with van der Waals surface area (Å²) in [5, 5.41) is 11.3. The quantitative estimate of drug-likeness (QED) is 0.150. The second kappa shape index (κ2) is 15.7. The molecule has 0 aliphatic rings. The van der Waals surface area contributed by atoms with Gasteiger partial charge in [-0.25, -0.2) is 24.8 Å². The minimum atomic E-state index is -4.83. The monoisotopic (exact) mass is 821 g/mol. The summed E-state index contributed by atoms with van der Waals surface area (Å²) in [6.45, 7) is 7.84. The van der Waals surface area contributed by atoms with Crippen molar-refractivity contribution in [2.75, 3.05) is 0 Å². The summed E-state index contributed by atoms with van der Waals surface area (Å²) in [4.78, 5) is 23.9. The molecule has 7 aromatic carbocycles. The molecule has 0 saturated heterocycles. The van der Waals surface area contributed by atoms with Crippen molar-refractivity contribution < 1.29 is 13.2 Å². The first-order valence-corrected chi connectivity index (χ1v) is 19.9. The Hall–Kier alpha value is -8.73. The van der Waals surface area contributed by atoms with Gasteiger partial charge in [0.2, 0.25) is 0 Å². The van der Waals surface area contributed by atoms with E-state index < -0.39 is 11.7 Å². The van der Waals surface area contributed by atoms with Crippen LogP contribution in [0.1, 0.15) is 11.1 Å². The first-order valence-electron chi connectivity index (χ1n) is 19.9. The Balaban J connectivity index is 1.40. The van der Waals surface area contributed by atoms with Gasteiger partial charge in [0.1, 0.15) is 0 Å². The van der Waals surface area contributed by atoms with Gasteiger partial charge in [-0.3, -0.25) is 0 Å². The Kier molecular flexibility index (Phi) is 9.59. The second-order valence-electron chi connectivity index (χ2n) is 14.8. The van der Waals surface area contributed by atoms with Gasteiger partial charge in [0.15, 0.2) is 17.3 Å². The third-order valence-corrected chi connectivity index (χ3v) is 10.9. The van der Waals surface area contributed by atoms with Gasteiger partial charge >= 0.3 is 6.18 Å². The minimum Gasteiger partial charge on any atom is -0.308 e. The zero-order valence-electron chi connectivity index (χ0n) is 33.1. The molecule has 0 amide bonds. The molecule has 0 N–H and O–H groups in total. The molecular formula is C53H30F3N7. The minimum absolute atomic E-state index is 0.0291. The highest BCUT2D eigenvalue weighted by atomic mass is 19.4. The zero-order chi connectivity index (χ0) is 43.1. The topological polar surface area (TPSA) is 84.6 Å². The van der Waals surface area contributed by atoms with Gasteiger partial charge in [-0.1, -0.05) is 127 Å². The van der Waals surface area contributed by atoms with Crippen LogP contribution >= 0.6 is 0 Å². The highest BCUT2D eigenvalue weighted by molar-refractivity contribution is 6.12. The average molecular weight is 822 g/mol. The number of hydrogen-bond donors (Lipinski definition) is 0. The van der Waals surface area contributed by atoms with Crippen LogP contribution in [0.25, 0.3) is 100 Å². The van der Waals surface area contributed by atoms with E-state index in [1.165, 1.54) is 0 Å². The van der Waals surface area contributed by atoms with Gasteiger partial charge in [-0.05, 0) is 60.0 Å². The van der Waals surface area contributed by atoms with Crippen molar-refractivity contribution in [2.45, 2.75) is 6.18 Å². The van der Waals surface area contributed by atoms with Crippen LogP contribution < -0.4 is 0 Å². The summed E-state index contributed by atoms with van der Waals surface area (Å²) >= 11 is 0. The fourth-order valence-electron chi connectivity index (χ4n) is 7.93. The molecule has 7 nitrogen and oxygen atoms in total. The van der Waals surface area contributed by atoms with Gasteiger partial charge in [-0.2, -0.15) is 18.4 Å². The summed E-state index contributed by atoms with van der Waals surface area (Å²) in [6.07, 6.45) is -4.83. The van der Waals surface area contributed by atoms with E-state index in [2.05, 4.69) is 10.9 Å². The van der Waals surface area contributed by atoms with Crippen LogP contribution in [0.15, 0.2) is 182 Å². The predicted octanol–water partition coefficient (Wildman–Crippen LogP) is 13.8. The molecule has 0 fully saturated rings. The number of aromatic nitrogens is 5. The second-order valence-corrected chi connectivity index (χ2v) is 14.8. The maximum Gasteiger partial charge on any atom is 0.416 e. The number of hydrogen-bond acceptors (Lipinski definition) is 5. The van der Waals surface area contributed by atoms with Crippen LogP contribution in [0.2, 0.25) is 0 Å². The lowest BCUT2D eigenvalue weighted by atomic mass is 9.98. The largest absolute Gasteiger partial charge is 0.416 e. The number of rotatable bonds is 7. The SMILES string of the molecule is [C-]#[N+]c1ccc2c(c1)c1cc(C#N)ccc1n2-c1c(-c2nc(-c3ccccc3)cc(-c3ccccc3)n2)cc(C(F)(F)F)cc1-c1nc(-c2ccccc2)cc(-c2ccccc2)n1. The smallest absolute Gasteiger partial charge is 0.308 e. The lowest BCUT2D eigenvalue weighted by molar-refractivity contribution is -0.137. The maximum absolute atomic E-state index is 15.6. The Bertz CT molecular complexity index is 3110. The highest BCUT2D eigenvalue weighted by Gasteiger charge is 2.35. The van der Waals surface area contributed by atoms with Crippen molar-refractivity contribution in [3.63, 3.8) is 0 Å². The molecule has 10 heteroatoms. The summed E-state index contributed by atoms with van der Waals surface area (Å²) in [6, 6.07) is 56.0. The molecular weight excluding hydrogens is 792 g/mol. The van der Waals surface area contributed by atoms with E-state index in [0.29, 0.717) is 55.8 Å². The number of benzene rings is 7. The summed E-state index contributed by atoms with van der Waals surface area (Å²) in [5.74, 6) is 0.0583. The predicted molar refractivity (Wildman–Crippen MR) is 241 cm³/mol. The van der Waals surface area contributed by atoms with Crippen LogP contribution in [0.5, 0.6) is 0 Å². The van der Waals surface area contributed by atoms with Crippen LogP contribution in [0.3, 0.4) is 0 Å². The van der Waals surface area contributed by atoms with Crippen molar-refractivity contribution in [2.24, 2.45) is 0 Å². The van der Waals surface area contributed by atoms with E-state index in [-0.39, 0.29) is 28.5 Å². The molecule has 0 bridgehead atoms. The number of halogens is 3. The van der Waals surface area contributed by atoms with Crippen LogP contribution in [-0.4, -0.2) is 24.5 Å². The molecule has 0 atom stereocenters. The molecule has 298 valence electrons. The zero-order valence-corrected chi connectivity index (χ0v) is 33.1. The normalized spacial score (nSPS) is 11.4. The number of nitrogens with zero attached hydrogens (tertiary/aromatic N) is 7. The van der Waals surface area contributed by atoms with E-state index in [9.17, 15) is 5.26 Å². The molecule has 0 radical (unpaired) electrons. The Labute approximate surface area is 359 Å². The fourth-order valence-corrected chi connectivity index (χ4v) is 7.93. The Morgan fingerprint density at radius 1 is 0.492 bits per heavy atom. The van der Waals surface area contributed by atoms with E-state index >= 15 is 13.2 Å². The number of fused-ring (bicyclic) bond motifs is 3. The maximum atomic E-state index is 15.6. The van der Waals surface area contributed by atoms with Crippen LogP contribution in [0, 0.1) is 17.9 Å².